The van der Waals surface area contributed by atoms with Crippen molar-refractivity contribution in [2.45, 2.75) is 77.6 Å². The third kappa shape index (κ3) is 5.00. The molecule has 1 amide bonds. The third-order valence-electron chi connectivity index (χ3n) is 8.92. The molecular formula is C32H37F2N5O3. The van der Waals surface area contributed by atoms with Crippen LogP contribution in [0.4, 0.5) is 14.5 Å². The maximum absolute atomic E-state index is 14.5. The van der Waals surface area contributed by atoms with Gasteiger partial charge in [0.05, 0.1) is 29.4 Å². The quantitative estimate of drug-likeness (QED) is 0.260. The number of halogens is 2. The van der Waals surface area contributed by atoms with Gasteiger partial charge in [0, 0.05) is 43.1 Å². The minimum Gasteiger partial charge on any atom is -0.381 e. The predicted octanol–water partition coefficient (Wildman–Crippen LogP) is 6.51. The highest BCUT2D eigenvalue weighted by Gasteiger charge is 2.40. The molecule has 2 aromatic heterocycles. The molecule has 2 fully saturated rings. The van der Waals surface area contributed by atoms with E-state index in [2.05, 4.69) is 46.7 Å². The second-order valence-corrected chi connectivity index (χ2v) is 11.8. The Morgan fingerprint density at radius 1 is 1.02 bits per heavy atom. The standard InChI is InChI=1S/C32H37F2N5O3/c1-18(2)37-16-29(38(30(40)17-37)23-9-12-25(33)26(34)15-23)32-35-27-14-21(31-19(3)36-42-20(31)4)6-13-28(27)39(32)22-7-10-24(41-5)11-8-22/h6,9,12-15,18,22,24,29H,7-8,10-11,16-17H2,1-5H3. The first-order chi connectivity index (χ1) is 20.2. The van der Waals surface area contributed by atoms with Crippen LogP contribution in [0, 0.1) is 25.5 Å². The van der Waals surface area contributed by atoms with Gasteiger partial charge in [0.1, 0.15) is 17.6 Å². The molecule has 6 rings (SSSR count). The Hall–Kier alpha value is -3.63. The largest absolute Gasteiger partial charge is 0.381 e. The van der Waals surface area contributed by atoms with Crippen molar-refractivity contribution in [3.8, 4) is 11.1 Å². The molecule has 1 unspecified atom stereocenters. The Morgan fingerprint density at radius 3 is 2.43 bits per heavy atom. The van der Waals surface area contributed by atoms with Gasteiger partial charge in [-0.1, -0.05) is 11.2 Å². The smallest absolute Gasteiger partial charge is 0.241 e. The van der Waals surface area contributed by atoms with Gasteiger partial charge in [-0.3, -0.25) is 14.6 Å². The first-order valence-electron chi connectivity index (χ1n) is 14.6. The van der Waals surface area contributed by atoms with Crippen molar-refractivity contribution >= 4 is 22.6 Å². The molecule has 1 aliphatic heterocycles. The zero-order chi connectivity index (χ0) is 29.7. The van der Waals surface area contributed by atoms with Gasteiger partial charge in [0.25, 0.3) is 0 Å². The lowest BCUT2D eigenvalue weighted by atomic mass is 9.92. The summed E-state index contributed by atoms with van der Waals surface area (Å²) in [6, 6.07) is 9.62. The van der Waals surface area contributed by atoms with Crippen molar-refractivity contribution in [1.29, 1.82) is 0 Å². The average molecular weight is 578 g/mol. The number of hydrogen-bond acceptors (Lipinski definition) is 6. The van der Waals surface area contributed by atoms with Crippen LogP contribution in [0.15, 0.2) is 40.9 Å². The van der Waals surface area contributed by atoms with Crippen LogP contribution in [0.25, 0.3) is 22.2 Å². The fourth-order valence-corrected chi connectivity index (χ4v) is 6.67. The predicted molar refractivity (Wildman–Crippen MR) is 156 cm³/mol. The molecule has 0 radical (unpaired) electrons. The zero-order valence-electron chi connectivity index (χ0n) is 24.7. The van der Waals surface area contributed by atoms with Gasteiger partial charge in [-0.05, 0) is 83.2 Å². The van der Waals surface area contributed by atoms with E-state index in [1.54, 1.807) is 12.0 Å². The minimum absolute atomic E-state index is 0.115. The number of amides is 1. The summed E-state index contributed by atoms with van der Waals surface area (Å²) in [6.45, 7) is 8.62. The lowest BCUT2D eigenvalue weighted by Crippen LogP contribution is -2.55. The Balaban J connectivity index is 1.53. The second-order valence-electron chi connectivity index (χ2n) is 11.8. The molecule has 8 nitrogen and oxygen atoms in total. The van der Waals surface area contributed by atoms with E-state index < -0.39 is 17.7 Å². The highest BCUT2D eigenvalue weighted by atomic mass is 19.2. The number of fused-ring (bicyclic) bond motifs is 1. The van der Waals surface area contributed by atoms with E-state index in [-0.39, 0.29) is 30.6 Å². The second kappa shape index (κ2) is 11.2. The average Bonchev–Trinajstić information content (AvgIpc) is 3.52. The summed E-state index contributed by atoms with van der Waals surface area (Å²) in [5.41, 5.74) is 4.80. The number of piperazine rings is 1. The Labute approximate surface area is 244 Å². The number of carbonyl (C=O) groups is 1. The van der Waals surface area contributed by atoms with Gasteiger partial charge in [-0.2, -0.15) is 0 Å². The van der Waals surface area contributed by atoms with E-state index in [0.717, 1.165) is 77.3 Å². The zero-order valence-corrected chi connectivity index (χ0v) is 24.7. The van der Waals surface area contributed by atoms with Crippen LogP contribution in [0.1, 0.15) is 68.9 Å². The van der Waals surface area contributed by atoms with Crippen molar-refractivity contribution in [1.82, 2.24) is 19.6 Å². The molecular weight excluding hydrogens is 540 g/mol. The minimum atomic E-state index is -0.985. The summed E-state index contributed by atoms with van der Waals surface area (Å²) in [7, 11) is 1.76. The first-order valence-corrected chi connectivity index (χ1v) is 14.6. The Morgan fingerprint density at radius 2 is 1.79 bits per heavy atom. The van der Waals surface area contributed by atoms with Crippen LogP contribution in [0.2, 0.25) is 0 Å². The summed E-state index contributed by atoms with van der Waals surface area (Å²) in [5, 5.41) is 4.13. The SMILES string of the molecule is COC1CCC(n2c(C3CN(C(C)C)CC(=O)N3c3ccc(F)c(F)c3)nc3cc(-c4c(C)noc4C)ccc32)CC1. The highest BCUT2D eigenvalue weighted by Crippen LogP contribution is 2.40. The lowest BCUT2D eigenvalue weighted by molar-refractivity contribution is -0.123. The van der Waals surface area contributed by atoms with Crippen molar-refractivity contribution in [3.05, 3.63) is 65.3 Å². The van der Waals surface area contributed by atoms with Crippen molar-refractivity contribution < 1.29 is 22.8 Å². The van der Waals surface area contributed by atoms with Gasteiger partial charge in [0.15, 0.2) is 11.6 Å². The summed E-state index contributed by atoms with van der Waals surface area (Å²) in [4.78, 5) is 22.7. The molecule has 1 saturated carbocycles. The van der Waals surface area contributed by atoms with Crippen LogP contribution >= 0.6 is 0 Å². The number of aromatic nitrogens is 3. The van der Waals surface area contributed by atoms with Crippen molar-refractivity contribution in [3.63, 3.8) is 0 Å². The van der Waals surface area contributed by atoms with Crippen LogP contribution in [0.5, 0.6) is 0 Å². The monoisotopic (exact) mass is 577 g/mol. The topological polar surface area (TPSA) is 76.6 Å². The molecule has 1 aliphatic carbocycles. The number of methoxy groups -OCH3 is 1. The number of benzene rings is 2. The van der Waals surface area contributed by atoms with Gasteiger partial charge in [-0.25, -0.2) is 13.8 Å². The Kier molecular flexibility index (Phi) is 7.61. The van der Waals surface area contributed by atoms with Crippen molar-refractivity contribution in [2.75, 3.05) is 25.1 Å². The number of ether oxygens (including phenoxy) is 1. The number of anilines is 1. The molecule has 0 N–H and O–H groups in total. The maximum atomic E-state index is 14.5. The summed E-state index contributed by atoms with van der Waals surface area (Å²) >= 11 is 0. The molecule has 0 spiro atoms. The third-order valence-corrected chi connectivity index (χ3v) is 8.92. The van der Waals surface area contributed by atoms with Gasteiger partial charge >= 0.3 is 0 Å². The molecule has 1 saturated heterocycles. The van der Waals surface area contributed by atoms with Gasteiger partial charge in [-0.15, -0.1) is 0 Å². The fourth-order valence-electron chi connectivity index (χ4n) is 6.67. The summed E-state index contributed by atoms with van der Waals surface area (Å²) < 4.78 is 41.8. The number of nitrogens with zero attached hydrogens (tertiary/aromatic N) is 5. The molecule has 0 bridgehead atoms. The molecule has 10 heteroatoms. The molecule has 2 aliphatic rings. The fraction of sp³-hybridized carbons (Fsp3) is 0.469. The van der Waals surface area contributed by atoms with Crippen LogP contribution in [-0.4, -0.2) is 57.9 Å². The van der Waals surface area contributed by atoms with E-state index in [9.17, 15) is 13.6 Å². The van der Waals surface area contributed by atoms with Crippen molar-refractivity contribution in [2.24, 2.45) is 0 Å². The molecule has 222 valence electrons. The number of rotatable bonds is 6. The van der Waals surface area contributed by atoms with E-state index in [1.807, 2.05) is 13.8 Å². The summed E-state index contributed by atoms with van der Waals surface area (Å²) in [5.74, 6) is -0.632. The first kappa shape index (κ1) is 28.5. The van der Waals surface area contributed by atoms with E-state index in [1.165, 1.54) is 6.07 Å². The van der Waals surface area contributed by atoms with E-state index in [4.69, 9.17) is 14.2 Å². The highest BCUT2D eigenvalue weighted by molar-refractivity contribution is 5.96. The molecule has 1 atom stereocenters. The molecule has 42 heavy (non-hydrogen) atoms. The maximum Gasteiger partial charge on any atom is 0.241 e. The van der Waals surface area contributed by atoms with Crippen LogP contribution in [0.3, 0.4) is 0 Å². The molecule has 3 heterocycles. The molecule has 4 aromatic rings. The lowest BCUT2D eigenvalue weighted by Gasteiger charge is -2.43. The Bertz CT molecular complexity index is 1600. The summed E-state index contributed by atoms with van der Waals surface area (Å²) in [6.07, 6.45) is 3.87. The van der Waals surface area contributed by atoms with E-state index in [0.29, 0.717) is 12.2 Å². The number of hydrogen-bond donors (Lipinski definition) is 0. The van der Waals surface area contributed by atoms with Crippen LogP contribution < -0.4 is 4.90 Å². The molecule has 2 aromatic carbocycles. The number of aryl methyl sites for hydroxylation is 2. The van der Waals surface area contributed by atoms with Gasteiger partial charge < -0.3 is 13.8 Å². The number of imidazole rings is 1. The van der Waals surface area contributed by atoms with Gasteiger partial charge in [0.2, 0.25) is 5.91 Å². The van der Waals surface area contributed by atoms with Crippen LogP contribution in [-0.2, 0) is 9.53 Å². The number of carbonyl (C=O) groups excluding carboxylic acids is 1. The van der Waals surface area contributed by atoms with E-state index >= 15 is 0 Å². The normalized spacial score (nSPS) is 22.0.